The van der Waals surface area contributed by atoms with E-state index in [1.54, 1.807) is 19.2 Å². The fourth-order valence-corrected chi connectivity index (χ4v) is 4.52. The van der Waals surface area contributed by atoms with Gasteiger partial charge in [0.2, 0.25) is 0 Å². The van der Waals surface area contributed by atoms with Gasteiger partial charge in [-0.2, -0.15) is 5.10 Å². The second kappa shape index (κ2) is 9.52. The predicted molar refractivity (Wildman–Crippen MR) is 122 cm³/mol. The van der Waals surface area contributed by atoms with Crippen LogP contribution >= 0.6 is 0 Å². The molecule has 0 aliphatic carbocycles. The van der Waals surface area contributed by atoms with Gasteiger partial charge in [0, 0.05) is 18.0 Å². The number of hydrogen-bond acceptors (Lipinski definition) is 5. The Kier molecular flexibility index (Phi) is 6.56. The van der Waals surface area contributed by atoms with Crippen molar-refractivity contribution in [1.82, 2.24) is 9.91 Å². The minimum Gasteiger partial charge on any atom is -0.497 e. The average Bonchev–Trinajstić information content (AvgIpc) is 3.26. The standard InChI is InChI=1S/C25H31N3O3/c1-18-8-6-7-15-27(18)17-25(29)28-23(21-9-4-5-10-24(21)31-3)16-22(26-28)19-11-13-20(30-2)14-12-19/h4-5,9-14,18,23H,6-8,15-17H2,1-3H3/t18-,23-/m0/s1. The third kappa shape index (κ3) is 4.59. The molecule has 0 saturated carbocycles. The lowest BCUT2D eigenvalue weighted by atomic mass is 9.97. The van der Waals surface area contributed by atoms with Crippen molar-refractivity contribution in [2.75, 3.05) is 27.3 Å². The maximum Gasteiger partial charge on any atom is 0.257 e. The molecular formula is C25H31N3O3. The lowest BCUT2D eigenvalue weighted by Crippen LogP contribution is -2.44. The molecule has 6 nitrogen and oxygen atoms in total. The summed E-state index contributed by atoms with van der Waals surface area (Å²) in [6, 6.07) is 16.0. The van der Waals surface area contributed by atoms with E-state index in [2.05, 4.69) is 11.8 Å². The molecule has 0 N–H and O–H groups in total. The summed E-state index contributed by atoms with van der Waals surface area (Å²) in [5.74, 6) is 1.62. The van der Waals surface area contributed by atoms with Crippen LogP contribution in [0.25, 0.3) is 0 Å². The second-order valence-corrected chi connectivity index (χ2v) is 8.29. The number of nitrogens with zero attached hydrogens (tertiary/aromatic N) is 3. The largest absolute Gasteiger partial charge is 0.497 e. The number of likely N-dealkylation sites (tertiary alicyclic amines) is 1. The van der Waals surface area contributed by atoms with Crippen LogP contribution in [0.1, 0.15) is 49.8 Å². The van der Waals surface area contributed by atoms with Crippen LogP contribution < -0.4 is 9.47 Å². The van der Waals surface area contributed by atoms with Crippen molar-refractivity contribution in [3.63, 3.8) is 0 Å². The molecule has 2 aliphatic heterocycles. The van der Waals surface area contributed by atoms with Crippen molar-refractivity contribution in [3.05, 3.63) is 59.7 Å². The zero-order chi connectivity index (χ0) is 21.8. The van der Waals surface area contributed by atoms with Crippen molar-refractivity contribution in [2.45, 2.75) is 44.7 Å². The molecule has 1 amide bonds. The van der Waals surface area contributed by atoms with Crippen molar-refractivity contribution < 1.29 is 14.3 Å². The maximum atomic E-state index is 13.4. The Balaban J connectivity index is 1.63. The van der Waals surface area contributed by atoms with E-state index in [0.29, 0.717) is 19.0 Å². The third-order valence-corrected chi connectivity index (χ3v) is 6.37. The first-order chi connectivity index (χ1) is 15.1. The predicted octanol–water partition coefficient (Wildman–Crippen LogP) is 4.26. The van der Waals surface area contributed by atoms with E-state index in [1.165, 1.54) is 6.42 Å². The van der Waals surface area contributed by atoms with Crippen LogP contribution in [0.4, 0.5) is 0 Å². The summed E-state index contributed by atoms with van der Waals surface area (Å²) in [7, 11) is 3.32. The molecule has 6 heteroatoms. The zero-order valence-corrected chi connectivity index (χ0v) is 18.6. The molecule has 2 atom stereocenters. The van der Waals surface area contributed by atoms with Crippen LogP contribution in [0.3, 0.4) is 0 Å². The molecule has 164 valence electrons. The highest BCUT2D eigenvalue weighted by Crippen LogP contribution is 2.37. The molecule has 31 heavy (non-hydrogen) atoms. The van der Waals surface area contributed by atoms with Crippen LogP contribution in [0.2, 0.25) is 0 Å². The van der Waals surface area contributed by atoms with Crippen molar-refractivity contribution in [3.8, 4) is 11.5 Å². The summed E-state index contributed by atoms with van der Waals surface area (Å²) in [5, 5.41) is 6.49. The van der Waals surface area contributed by atoms with Crippen LogP contribution in [-0.4, -0.2) is 54.9 Å². The topological polar surface area (TPSA) is 54.4 Å². The first kappa shape index (κ1) is 21.4. The minimum atomic E-state index is -0.180. The molecule has 0 aromatic heterocycles. The molecule has 0 radical (unpaired) electrons. The molecular weight excluding hydrogens is 390 g/mol. The normalized spacial score (nSPS) is 21.6. The number of para-hydroxylation sites is 1. The second-order valence-electron chi connectivity index (χ2n) is 8.29. The Bertz CT molecular complexity index is 941. The van der Waals surface area contributed by atoms with Gasteiger partial charge < -0.3 is 9.47 Å². The third-order valence-electron chi connectivity index (χ3n) is 6.37. The molecule has 1 fully saturated rings. The monoisotopic (exact) mass is 421 g/mol. The van der Waals surface area contributed by atoms with Gasteiger partial charge in [-0.3, -0.25) is 9.69 Å². The average molecular weight is 422 g/mol. The summed E-state index contributed by atoms with van der Waals surface area (Å²) < 4.78 is 10.9. The summed E-state index contributed by atoms with van der Waals surface area (Å²) in [5.41, 5.74) is 2.89. The van der Waals surface area contributed by atoms with E-state index in [-0.39, 0.29) is 11.9 Å². The number of amides is 1. The van der Waals surface area contributed by atoms with Gasteiger partial charge in [0.1, 0.15) is 11.5 Å². The summed E-state index contributed by atoms with van der Waals surface area (Å²) >= 11 is 0. The van der Waals surface area contributed by atoms with E-state index in [4.69, 9.17) is 14.6 Å². The van der Waals surface area contributed by atoms with Crippen LogP contribution in [0.5, 0.6) is 11.5 Å². The first-order valence-electron chi connectivity index (χ1n) is 11.0. The fraction of sp³-hybridized carbons (Fsp3) is 0.440. The SMILES string of the molecule is COc1ccc(C2=NN(C(=O)CN3CCCC[C@@H]3C)[C@H](c3ccccc3OC)C2)cc1. The maximum absolute atomic E-state index is 13.4. The molecule has 2 aromatic carbocycles. The highest BCUT2D eigenvalue weighted by atomic mass is 16.5. The first-order valence-corrected chi connectivity index (χ1v) is 11.0. The molecule has 0 unspecified atom stereocenters. The van der Waals surface area contributed by atoms with Crippen molar-refractivity contribution in [2.24, 2.45) is 5.10 Å². The van der Waals surface area contributed by atoms with Gasteiger partial charge in [0.15, 0.2) is 0 Å². The van der Waals surface area contributed by atoms with Gasteiger partial charge in [0.25, 0.3) is 5.91 Å². The lowest BCUT2D eigenvalue weighted by Gasteiger charge is -2.34. The number of methoxy groups -OCH3 is 2. The molecule has 2 aliphatic rings. The van der Waals surface area contributed by atoms with E-state index in [0.717, 1.165) is 47.7 Å². The molecule has 2 aromatic rings. The molecule has 1 saturated heterocycles. The number of piperidine rings is 1. The van der Waals surface area contributed by atoms with E-state index >= 15 is 0 Å². The van der Waals surface area contributed by atoms with Crippen LogP contribution in [0.15, 0.2) is 53.6 Å². The summed E-state index contributed by atoms with van der Waals surface area (Å²) in [6.45, 7) is 3.57. The summed E-state index contributed by atoms with van der Waals surface area (Å²) in [4.78, 5) is 15.7. The van der Waals surface area contributed by atoms with Crippen molar-refractivity contribution in [1.29, 1.82) is 0 Å². The quantitative estimate of drug-likeness (QED) is 0.700. The number of rotatable bonds is 6. The Morgan fingerprint density at radius 3 is 2.55 bits per heavy atom. The number of carbonyl (C=O) groups excluding carboxylic acids is 1. The van der Waals surface area contributed by atoms with E-state index in [1.807, 2.05) is 48.5 Å². The fourth-order valence-electron chi connectivity index (χ4n) is 4.52. The van der Waals surface area contributed by atoms with Crippen LogP contribution in [0, 0.1) is 0 Å². The number of hydrazone groups is 1. The van der Waals surface area contributed by atoms with Gasteiger partial charge in [-0.15, -0.1) is 0 Å². The lowest BCUT2D eigenvalue weighted by molar-refractivity contribution is -0.135. The summed E-state index contributed by atoms with van der Waals surface area (Å²) in [6.07, 6.45) is 4.17. The minimum absolute atomic E-state index is 0.0353. The van der Waals surface area contributed by atoms with Gasteiger partial charge >= 0.3 is 0 Å². The smallest absolute Gasteiger partial charge is 0.257 e. The Labute approximate surface area is 184 Å². The van der Waals surface area contributed by atoms with Gasteiger partial charge in [-0.25, -0.2) is 5.01 Å². The Morgan fingerprint density at radius 2 is 1.84 bits per heavy atom. The number of ether oxygens (including phenoxy) is 2. The van der Waals surface area contributed by atoms with E-state index < -0.39 is 0 Å². The number of carbonyl (C=O) groups is 1. The molecule has 4 rings (SSSR count). The zero-order valence-electron chi connectivity index (χ0n) is 18.6. The number of hydrogen-bond donors (Lipinski definition) is 0. The molecule has 2 heterocycles. The van der Waals surface area contributed by atoms with Gasteiger partial charge in [-0.05, 0) is 62.2 Å². The molecule has 0 spiro atoms. The van der Waals surface area contributed by atoms with Gasteiger partial charge in [0.05, 0.1) is 32.5 Å². The highest BCUT2D eigenvalue weighted by Gasteiger charge is 2.36. The van der Waals surface area contributed by atoms with Crippen LogP contribution in [-0.2, 0) is 4.79 Å². The highest BCUT2D eigenvalue weighted by molar-refractivity contribution is 6.03. The number of benzene rings is 2. The van der Waals surface area contributed by atoms with E-state index in [9.17, 15) is 4.79 Å². The van der Waals surface area contributed by atoms with Crippen molar-refractivity contribution >= 4 is 11.6 Å². The Hall–Kier alpha value is -2.86. The van der Waals surface area contributed by atoms with Gasteiger partial charge in [-0.1, -0.05) is 24.6 Å². The molecule has 0 bridgehead atoms. The Morgan fingerprint density at radius 1 is 1.06 bits per heavy atom.